The van der Waals surface area contributed by atoms with E-state index >= 15 is 0 Å². The molecule has 0 saturated carbocycles. The lowest BCUT2D eigenvalue weighted by Gasteiger charge is -2.34. The zero-order valence-electron chi connectivity index (χ0n) is 19.2. The van der Waals surface area contributed by atoms with Crippen molar-refractivity contribution in [3.05, 3.63) is 64.8 Å². The number of benzene rings is 2. The number of hydrogen-bond donors (Lipinski definition) is 1. The molecular formula is C27H34N2O4. The summed E-state index contributed by atoms with van der Waals surface area (Å²) in [6.45, 7) is 7.18. The third kappa shape index (κ3) is 6.67. The van der Waals surface area contributed by atoms with E-state index in [4.69, 9.17) is 14.3 Å². The van der Waals surface area contributed by atoms with E-state index in [0.29, 0.717) is 29.1 Å². The van der Waals surface area contributed by atoms with Crippen LogP contribution in [-0.2, 0) is 0 Å². The lowest BCUT2D eigenvalue weighted by molar-refractivity contribution is 0.111. The van der Waals surface area contributed by atoms with Gasteiger partial charge in [0.1, 0.15) is 17.1 Å². The van der Waals surface area contributed by atoms with Crippen molar-refractivity contribution in [2.75, 3.05) is 52.5 Å². The highest BCUT2D eigenvalue weighted by Crippen LogP contribution is 2.24. The second kappa shape index (κ2) is 12.0. The second-order valence-electron chi connectivity index (χ2n) is 8.67. The third-order valence-electron chi connectivity index (χ3n) is 6.28. The summed E-state index contributed by atoms with van der Waals surface area (Å²) in [5.74, 6) is 1.29. The second-order valence-corrected chi connectivity index (χ2v) is 8.67. The fourth-order valence-electron chi connectivity index (χ4n) is 4.33. The minimum absolute atomic E-state index is 0.0576. The topological polar surface area (TPSA) is 66.2 Å². The molecule has 3 aromatic rings. The molecule has 33 heavy (non-hydrogen) atoms. The Hall–Kier alpha value is -2.67. The van der Waals surface area contributed by atoms with Gasteiger partial charge in [-0.25, -0.2) is 0 Å². The molecule has 1 N–H and O–H groups in total. The van der Waals surface area contributed by atoms with E-state index in [1.165, 1.54) is 12.8 Å². The van der Waals surface area contributed by atoms with Gasteiger partial charge in [-0.05, 0) is 37.6 Å². The molecule has 2 aromatic carbocycles. The SMILES string of the molecule is O=c1cc(-c2ccccc2)oc2ccc(OCCCCCCN3CCN(CCO)CC3)cc12. The average Bonchev–Trinajstić information content (AvgIpc) is 2.85. The van der Waals surface area contributed by atoms with Crippen LogP contribution in [0.4, 0.5) is 0 Å². The maximum atomic E-state index is 12.6. The van der Waals surface area contributed by atoms with E-state index in [0.717, 1.165) is 57.7 Å². The summed E-state index contributed by atoms with van der Waals surface area (Å²) >= 11 is 0. The van der Waals surface area contributed by atoms with Crippen LogP contribution in [0.2, 0.25) is 0 Å². The number of nitrogens with zero attached hydrogens (tertiary/aromatic N) is 2. The van der Waals surface area contributed by atoms with Crippen molar-refractivity contribution >= 4 is 11.0 Å². The number of fused-ring (bicyclic) bond motifs is 1. The first-order valence-corrected chi connectivity index (χ1v) is 12.0. The van der Waals surface area contributed by atoms with Crippen molar-refractivity contribution in [3.8, 4) is 17.1 Å². The molecule has 0 unspecified atom stereocenters. The summed E-state index contributed by atoms with van der Waals surface area (Å²) in [4.78, 5) is 17.5. The maximum Gasteiger partial charge on any atom is 0.193 e. The first kappa shape index (κ1) is 23.5. The van der Waals surface area contributed by atoms with Gasteiger partial charge in [0.15, 0.2) is 5.43 Å². The lowest BCUT2D eigenvalue weighted by Crippen LogP contribution is -2.47. The van der Waals surface area contributed by atoms with Crippen LogP contribution in [0.3, 0.4) is 0 Å². The fourth-order valence-corrected chi connectivity index (χ4v) is 4.33. The van der Waals surface area contributed by atoms with Gasteiger partial charge in [-0.2, -0.15) is 0 Å². The van der Waals surface area contributed by atoms with Gasteiger partial charge in [0.05, 0.1) is 18.6 Å². The van der Waals surface area contributed by atoms with Crippen molar-refractivity contribution in [2.45, 2.75) is 25.7 Å². The summed E-state index contributed by atoms with van der Waals surface area (Å²) < 4.78 is 11.8. The van der Waals surface area contributed by atoms with E-state index in [1.807, 2.05) is 42.5 Å². The van der Waals surface area contributed by atoms with Gasteiger partial charge in [-0.15, -0.1) is 0 Å². The van der Waals surface area contributed by atoms with Crippen LogP contribution < -0.4 is 10.2 Å². The molecule has 6 nitrogen and oxygen atoms in total. The van der Waals surface area contributed by atoms with E-state index in [2.05, 4.69) is 9.80 Å². The summed E-state index contributed by atoms with van der Waals surface area (Å²) in [5, 5.41) is 9.57. The highest BCUT2D eigenvalue weighted by molar-refractivity contribution is 5.80. The highest BCUT2D eigenvalue weighted by Gasteiger charge is 2.15. The number of unbranched alkanes of at least 4 members (excludes halogenated alkanes) is 3. The Morgan fingerprint density at radius 3 is 2.33 bits per heavy atom. The molecule has 1 fully saturated rings. The Labute approximate surface area is 195 Å². The predicted molar refractivity (Wildman–Crippen MR) is 132 cm³/mol. The van der Waals surface area contributed by atoms with Gasteiger partial charge < -0.3 is 19.2 Å². The van der Waals surface area contributed by atoms with Crippen LogP contribution in [0.15, 0.2) is 63.8 Å². The molecule has 2 heterocycles. The van der Waals surface area contributed by atoms with Crippen LogP contribution >= 0.6 is 0 Å². The Balaban J connectivity index is 1.18. The number of rotatable bonds is 11. The average molecular weight is 451 g/mol. The van der Waals surface area contributed by atoms with E-state index in [1.54, 1.807) is 12.1 Å². The number of ether oxygens (including phenoxy) is 1. The minimum atomic E-state index is -0.0576. The molecule has 1 aromatic heterocycles. The molecule has 0 spiro atoms. The van der Waals surface area contributed by atoms with Crippen molar-refractivity contribution < 1.29 is 14.3 Å². The third-order valence-corrected chi connectivity index (χ3v) is 6.28. The number of hydrogen-bond acceptors (Lipinski definition) is 6. The van der Waals surface area contributed by atoms with Gasteiger partial charge in [0.25, 0.3) is 0 Å². The van der Waals surface area contributed by atoms with Gasteiger partial charge >= 0.3 is 0 Å². The standard InChI is InChI=1S/C27H34N2O4/c30-18-17-29-15-13-28(14-16-29)12-6-1-2-7-19-32-23-10-11-26-24(20-23)25(31)21-27(33-26)22-8-4-3-5-9-22/h3-5,8-11,20-21,30H,1-2,6-7,12-19H2. The fraction of sp³-hybridized carbons (Fsp3) is 0.444. The van der Waals surface area contributed by atoms with Crippen LogP contribution in [0.25, 0.3) is 22.3 Å². The molecular weight excluding hydrogens is 416 g/mol. The highest BCUT2D eigenvalue weighted by atomic mass is 16.5. The monoisotopic (exact) mass is 450 g/mol. The Morgan fingerprint density at radius 1 is 0.848 bits per heavy atom. The summed E-state index contributed by atoms with van der Waals surface area (Å²) in [6.07, 6.45) is 4.55. The number of aliphatic hydroxyl groups is 1. The maximum absolute atomic E-state index is 12.6. The summed E-state index contributed by atoms with van der Waals surface area (Å²) in [5.41, 5.74) is 1.41. The minimum Gasteiger partial charge on any atom is -0.494 e. The van der Waals surface area contributed by atoms with Crippen LogP contribution in [0, 0.1) is 0 Å². The first-order chi connectivity index (χ1) is 16.2. The number of piperazine rings is 1. The summed E-state index contributed by atoms with van der Waals surface area (Å²) in [6, 6.07) is 16.7. The van der Waals surface area contributed by atoms with Gasteiger partial charge in [0, 0.05) is 44.4 Å². The van der Waals surface area contributed by atoms with Gasteiger partial charge in [-0.1, -0.05) is 43.2 Å². The van der Waals surface area contributed by atoms with E-state index in [9.17, 15) is 4.79 Å². The Morgan fingerprint density at radius 2 is 1.58 bits per heavy atom. The largest absolute Gasteiger partial charge is 0.494 e. The number of aliphatic hydroxyl groups excluding tert-OH is 1. The smallest absolute Gasteiger partial charge is 0.193 e. The quantitative estimate of drug-likeness (QED) is 0.445. The molecule has 1 saturated heterocycles. The van der Waals surface area contributed by atoms with Crippen molar-refractivity contribution in [1.29, 1.82) is 0 Å². The van der Waals surface area contributed by atoms with E-state index < -0.39 is 0 Å². The Bertz CT molecular complexity index is 1060. The van der Waals surface area contributed by atoms with Crippen molar-refractivity contribution in [1.82, 2.24) is 9.80 Å². The molecule has 4 rings (SSSR count). The van der Waals surface area contributed by atoms with Crippen molar-refractivity contribution in [3.63, 3.8) is 0 Å². The molecule has 0 bridgehead atoms. The van der Waals surface area contributed by atoms with Gasteiger partial charge in [0.2, 0.25) is 0 Å². The normalized spacial score (nSPS) is 15.2. The molecule has 0 atom stereocenters. The molecule has 0 aliphatic carbocycles. The zero-order valence-corrected chi connectivity index (χ0v) is 19.2. The molecule has 1 aliphatic heterocycles. The van der Waals surface area contributed by atoms with Gasteiger partial charge in [-0.3, -0.25) is 9.69 Å². The molecule has 6 heteroatoms. The first-order valence-electron chi connectivity index (χ1n) is 12.0. The molecule has 0 amide bonds. The summed E-state index contributed by atoms with van der Waals surface area (Å²) in [7, 11) is 0. The number of β-amino-alcohol motifs (C(OH)–C–C–N with tert-alkyl or cyclic N) is 1. The molecule has 176 valence electrons. The van der Waals surface area contributed by atoms with Crippen LogP contribution in [0.5, 0.6) is 5.75 Å². The van der Waals surface area contributed by atoms with Crippen LogP contribution in [-0.4, -0.2) is 67.4 Å². The molecule has 1 aliphatic rings. The Kier molecular flexibility index (Phi) is 8.53. The van der Waals surface area contributed by atoms with E-state index in [-0.39, 0.29) is 12.0 Å². The molecule has 0 radical (unpaired) electrons. The lowest BCUT2D eigenvalue weighted by atomic mass is 10.1. The van der Waals surface area contributed by atoms with Crippen molar-refractivity contribution in [2.24, 2.45) is 0 Å². The zero-order chi connectivity index (χ0) is 22.9. The van der Waals surface area contributed by atoms with Crippen LogP contribution in [0.1, 0.15) is 25.7 Å². The predicted octanol–water partition coefficient (Wildman–Crippen LogP) is 4.01.